The van der Waals surface area contributed by atoms with E-state index in [0.717, 1.165) is 5.56 Å². The van der Waals surface area contributed by atoms with Gasteiger partial charge >= 0.3 is 0 Å². The first kappa shape index (κ1) is 19.5. The summed E-state index contributed by atoms with van der Waals surface area (Å²) in [6, 6.07) is 5.66. The number of rotatable bonds is 8. The number of nitrogens with two attached hydrogens (primary N) is 1. The van der Waals surface area contributed by atoms with Crippen molar-refractivity contribution in [2.24, 2.45) is 0 Å². The number of nitrogen functional groups attached to an aromatic ring is 1. The van der Waals surface area contributed by atoms with Crippen molar-refractivity contribution < 1.29 is 18.9 Å². The van der Waals surface area contributed by atoms with Gasteiger partial charge < -0.3 is 25.8 Å². The molecule has 1 aromatic carbocycles. The second-order valence-electron chi connectivity index (χ2n) is 4.58. The Hall–Kier alpha value is -2.52. The Balaban J connectivity index is 0.00000288. The first-order valence-electron chi connectivity index (χ1n) is 6.94. The molecule has 24 heavy (non-hydrogen) atoms. The van der Waals surface area contributed by atoms with Gasteiger partial charge in [0.15, 0.2) is 11.5 Å². The lowest BCUT2D eigenvalue weighted by Crippen LogP contribution is -2.32. The molecule has 0 fully saturated rings. The van der Waals surface area contributed by atoms with E-state index in [0.29, 0.717) is 31.1 Å². The molecule has 1 amide bonds. The third-order valence-corrected chi connectivity index (χ3v) is 3.12. The number of hydrogen-bond acceptors (Lipinski definition) is 8. The van der Waals surface area contributed by atoms with Crippen LogP contribution in [0, 0.1) is 0 Å². The van der Waals surface area contributed by atoms with Crippen LogP contribution in [0.5, 0.6) is 11.5 Å². The summed E-state index contributed by atoms with van der Waals surface area (Å²) < 4.78 is 15.0. The second kappa shape index (κ2) is 9.58. The average Bonchev–Trinajstić information content (AvgIpc) is 3.00. The molecule has 0 aliphatic rings. The van der Waals surface area contributed by atoms with Gasteiger partial charge in [0.25, 0.3) is 5.91 Å². The topological polar surface area (TPSA) is 125 Å². The molecule has 0 radical (unpaired) electrons. The summed E-state index contributed by atoms with van der Waals surface area (Å²) >= 11 is 0. The molecule has 2 aromatic rings. The number of amides is 1. The molecule has 0 saturated carbocycles. The van der Waals surface area contributed by atoms with Crippen LogP contribution in [0.1, 0.15) is 16.1 Å². The summed E-state index contributed by atoms with van der Waals surface area (Å²) in [5.41, 5.74) is 6.38. The van der Waals surface area contributed by atoms with Crippen LogP contribution in [0.15, 0.2) is 22.8 Å². The summed E-state index contributed by atoms with van der Waals surface area (Å²) in [7, 11) is 3.19. The standard InChI is InChI=1S/C14H19N5O4.ClH/c1-21-10-5-3-4-9(12(10)22-2)8-16-6-7-17-14(20)11-13(15)19-23-18-11;/h3-5,16H,6-8H2,1-2H3,(H2,15,19)(H,17,20);1H. The van der Waals surface area contributed by atoms with Crippen LogP contribution in [0.4, 0.5) is 5.82 Å². The fraction of sp³-hybridized carbons (Fsp3) is 0.357. The number of ether oxygens (including phenoxy) is 2. The molecule has 0 bridgehead atoms. The zero-order valence-corrected chi connectivity index (χ0v) is 14.2. The zero-order valence-electron chi connectivity index (χ0n) is 13.4. The average molecular weight is 358 g/mol. The molecule has 0 spiro atoms. The van der Waals surface area contributed by atoms with Crippen LogP contribution in [0.3, 0.4) is 0 Å². The molecule has 9 nitrogen and oxygen atoms in total. The Morgan fingerprint density at radius 1 is 1.25 bits per heavy atom. The van der Waals surface area contributed by atoms with Crippen LogP contribution in [0.25, 0.3) is 0 Å². The monoisotopic (exact) mass is 357 g/mol. The highest BCUT2D eigenvalue weighted by Gasteiger charge is 2.15. The van der Waals surface area contributed by atoms with Crippen molar-refractivity contribution >= 4 is 24.1 Å². The Labute approximate surface area is 145 Å². The van der Waals surface area contributed by atoms with E-state index in [9.17, 15) is 4.79 Å². The zero-order chi connectivity index (χ0) is 16.7. The van der Waals surface area contributed by atoms with Crippen LogP contribution >= 0.6 is 12.4 Å². The molecule has 1 heterocycles. The minimum atomic E-state index is -0.426. The van der Waals surface area contributed by atoms with Gasteiger partial charge in [-0.3, -0.25) is 4.79 Å². The first-order valence-corrected chi connectivity index (χ1v) is 6.94. The van der Waals surface area contributed by atoms with Gasteiger partial charge in [0.1, 0.15) is 0 Å². The number of carbonyl (C=O) groups excluding carboxylic acids is 1. The highest BCUT2D eigenvalue weighted by Crippen LogP contribution is 2.30. The maximum atomic E-state index is 11.7. The molecule has 4 N–H and O–H groups in total. The number of halogens is 1. The van der Waals surface area contributed by atoms with Crippen molar-refractivity contribution in [2.75, 3.05) is 33.0 Å². The number of nitrogens with one attached hydrogen (secondary N) is 2. The number of anilines is 1. The number of methoxy groups -OCH3 is 2. The number of carbonyl (C=O) groups is 1. The van der Waals surface area contributed by atoms with Gasteiger partial charge in [0.05, 0.1) is 14.2 Å². The van der Waals surface area contributed by atoms with E-state index < -0.39 is 5.91 Å². The summed E-state index contributed by atoms with van der Waals surface area (Å²) in [5.74, 6) is 0.906. The van der Waals surface area contributed by atoms with Crippen molar-refractivity contribution in [1.29, 1.82) is 0 Å². The Kier molecular flexibility index (Phi) is 7.80. The van der Waals surface area contributed by atoms with Gasteiger partial charge in [-0.25, -0.2) is 4.63 Å². The van der Waals surface area contributed by atoms with Crippen LogP contribution < -0.4 is 25.8 Å². The van der Waals surface area contributed by atoms with Crippen molar-refractivity contribution in [3.05, 3.63) is 29.5 Å². The van der Waals surface area contributed by atoms with Crippen LogP contribution in [0.2, 0.25) is 0 Å². The van der Waals surface area contributed by atoms with Gasteiger partial charge in [-0.15, -0.1) is 12.4 Å². The van der Waals surface area contributed by atoms with E-state index in [1.54, 1.807) is 14.2 Å². The minimum Gasteiger partial charge on any atom is -0.493 e. The van der Waals surface area contributed by atoms with Gasteiger partial charge in [0, 0.05) is 25.2 Å². The molecule has 132 valence electrons. The highest BCUT2D eigenvalue weighted by atomic mass is 35.5. The molecule has 10 heteroatoms. The molecular weight excluding hydrogens is 338 g/mol. The summed E-state index contributed by atoms with van der Waals surface area (Å²) in [4.78, 5) is 11.7. The lowest BCUT2D eigenvalue weighted by molar-refractivity contribution is 0.0944. The quantitative estimate of drug-likeness (QED) is 0.587. The van der Waals surface area contributed by atoms with Crippen LogP contribution in [-0.2, 0) is 6.54 Å². The molecule has 0 saturated heterocycles. The number of para-hydroxylation sites is 1. The fourth-order valence-corrected chi connectivity index (χ4v) is 2.02. The molecular formula is C14H20ClN5O4. The largest absolute Gasteiger partial charge is 0.493 e. The highest BCUT2D eigenvalue weighted by molar-refractivity contribution is 5.95. The first-order chi connectivity index (χ1) is 11.2. The summed E-state index contributed by atoms with van der Waals surface area (Å²) in [6.07, 6.45) is 0. The minimum absolute atomic E-state index is 0. The smallest absolute Gasteiger partial charge is 0.277 e. The van der Waals surface area contributed by atoms with Gasteiger partial charge in [-0.05, 0) is 16.4 Å². The van der Waals surface area contributed by atoms with Crippen molar-refractivity contribution in [1.82, 2.24) is 20.9 Å². The molecule has 0 aliphatic heterocycles. The predicted molar refractivity (Wildman–Crippen MR) is 89.5 cm³/mol. The van der Waals surface area contributed by atoms with Gasteiger partial charge in [-0.1, -0.05) is 12.1 Å². The summed E-state index contributed by atoms with van der Waals surface area (Å²) in [5, 5.41) is 12.6. The van der Waals surface area contributed by atoms with E-state index >= 15 is 0 Å². The lowest BCUT2D eigenvalue weighted by atomic mass is 10.2. The predicted octanol–water partition coefficient (Wildman–Crippen LogP) is 0.610. The van der Waals surface area contributed by atoms with Crippen molar-refractivity contribution in [3.8, 4) is 11.5 Å². The maximum Gasteiger partial charge on any atom is 0.277 e. The van der Waals surface area contributed by atoms with Crippen molar-refractivity contribution in [3.63, 3.8) is 0 Å². The molecule has 1 aromatic heterocycles. The van der Waals surface area contributed by atoms with E-state index in [2.05, 4.69) is 25.6 Å². The van der Waals surface area contributed by atoms with Crippen molar-refractivity contribution in [2.45, 2.75) is 6.54 Å². The van der Waals surface area contributed by atoms with E-state index in [1.165, 1.54) is 0 Å². The van der Waals surface area contributed by atoms with E-state index in [-0.39, 0.29) is 23.9 Å². The van der Waals surface area contributed by atoms with E-state index in [4.69, 9.17) is 15.2 Å². The number of benzene rings is 1. The number of aromatic nitrogens is 2. The lowest BCUT2D eigenvalue weighted by Gasteiger charge is -2.13. The normalized spacial score (nSPS) is 9.92. The molecule has 0 atom stereocenters. The molecule has 2 rings (SSSR count). The number of hydrogen-bond donors (Lipinski definition) is 3. The molecule has 0 aliphatic carbocycles. The van der Waals surface area contributed by atoms with Gasteiger partial charge in [0.2, 0.25) is 11.5 Å². The maximum absolute atomic E-state index is 11.7. The third kappa shape index (κ3) is 4.74. The van der Waals surface area contributed by atoms with Crippen LogP contribution in [-0.4, -0.2) is 43.5 Å². The Morgan fingerprint density at radius 2 is 2.04 bits per heavy atom. The fourth-order valence-electron chi connectivity index (χ4n) is 2.02. The van der Waals surface area contributed by atoms with Gasteiger partial charge in [-0.2, -0.15) is 0 Å². The second-order valence-corrected chi connectivity index (χ2v) is 4.58. The molecule has 0 unspecified atom stereocenters. The Bertz CT molecular complexity index is 664. The summed E-state index contributed by atoms with van der Waals surface area (Å²) in [6.45, 7) is 1.53. The Morgan fingerprint density at radius 3 is 2.67 bits per heavy atom. The third-order valence-electron chi connectivity index (χ3n) is 3.12. The van der Waals surface area contributed by atoms with E-state index in [1.807, 2.05) is 18.2 Å². The number of nitrogens with zero attached hydrogens (tertiary/aromatic N) is 2. The SMILES string of the molecule is COc1cccc(CNCCNC(=O)c2nonc2N)c1OC.Cl.